The SMILES string of the molecule is CN1CCS/C1=C\C=C\c1nc2c(ccc3ccccc32)o1. The summed E-state index contributed by atoms with van der Waals surface area (Å²) in [6.45, 7) is 1.11. The highest BCUT2D eigenvalue weighted by molar-refractivity contribution is 8.03. The molecule has 2 aromatic carbocycles. The Morgan fingerprint density at radius 1 is 1.23 bits per heavy atom. The van der Waals surface area contributed by atoms with Crippen molar-refractivity contribution in [2.24, 2.45) is 0 Å². The molecule has 110 valence electrons. The van der Waals surface area contributed by atoms with Gasteiger partial charge in [0.25, 0.3) is 0 Å². The summed E-state index contributed by atoms with van der Waals surface area (Å²) in [5.41, 5.74) is 1.76. The Kier molecular flexibility index (Phi) is 3.39. The summed E-state index contributed by atoms with van der Waals surface area (Å²) in [5, 5.41) is 3.61. The van der Waals surface area contributed by atoms with Gasteiger partial charge in [0.05, 0.1) is 5.03 Å². The van der Waals surface area contributed by atoms with Gasteiger partial charge in [0.1, 0.15) is 5.52 Å². The van der Waals surface area contributed by atoms with E-state index in [1.165, 1.54) is 10.4 Å². The summed E-state index contributed by atoms with van der Waals surface area (Å²) < 4.78 is 5.82. The molecule has 0 radical (unpaired) electrons. The monoisotopic (exact) mass is 308 g/mol. The van der Waals surface area contributed by atoms with E-state index < -0.39 is 0 Å². The molecular formula is C18H16N2OS. The van der Waals surface area contributed by atoms with Gasteiger partial charge in [-0.25, -0.2) is 4.98 Å². The highest BCUT2D eigenvalue weighted by Crippen LogP contribution is 2.27. The van der Waals surface area contributed by atoms with Crippen molar-refractivity contribution in [2.45, 2.75) is 0 Å². The Bertz CT molecular complexity index is 894. The third-order valence-electron chi connectivity index (χ3n) is 3.83. The van der Waals surface area contributed by atoms with Crippen LogP contribution in [0.15, 0.2) is 58.0 Å². The van der Waals surface area contributed by atoms with Crippen LogP contribution < -0.4 is 0 Å². The van der Waals surface area contributed by atoms with Gasteiger partial charge in [0.15, 0.2) is 5.58 Å². The van der Waals surface area contributed by atoms with Crippen LogP contribution in [0.25, 0.3) is 27.9 Å². The Morgan fingerprint density at radius 3 is 3.00 bits per heavy atom. The zero-order valence-corrected chi connectivity index (χ0v) is 13.1. The third kappa shape index (κ3) is 2.40. The molecule has 0 atom stereocenters. The summed E-state index contributed by atoms with van der Waals surface area (Å²) in [6.07, 6.45) is 6.05. The topological polar surface area (TPSA) is 29.3 Å². The first-order chi connectivity index (χ1) is 10.8. The van der Waals surface area contributed by atoms with E-state index in [2.05, 4.69) is 41.2 Å². The molecule has 22 heavy (non-hydrogen) atoms. The van der Waals surface area contributed by atoms with Crippen molar-refractivity contribution in [1.29, 1.82) is 0 Å². The van der Waals surface area contributed by atoms with E-state index in [-0.39, 0.29) is 0 Å². The first kappa shape index (κ1) is 13.5. The third-order valence-corrected chi connectivity index (χ3v) is 4.96. The van der Waals surface area contributed by atoms with Crippen molar-refractivity contribution in [3.63, 3.8) is 0 Å². The number of thioether (sulfide) groups is 1. The molecule has 4 heteroatoms. The molecule has 0 amide bonds. The largest absolute Gasteiger partial charge is 0.437 e. The van der Waals surface area contributed by atoms with Gasteiger partial charge in [0.2, 0.25) is 5.89 Å². The standard InChI is InChI=1S/C18H16N2OS/c1-20-11-12-22-17(20)8-4-7-16-19-18-14-6-3-2-5-13(14)9-10-15(18)21-16/h2-10H,11-12H2,1H3/b7-4+,17-8-. The predicted molar refractivity (Wildman–Crippen MR) is 93.7 cm³/mol. The molecule has 0 bridgehead atoms. The minimum absolute atomic E-state index is 0.647. The van der Waals surface area contributed by atoms with Crippen molar-refractivity contribution in [3.05, 3.63) is 59.5 Å². The molecule has 1 aliphatic heterocycles. The van der Waals surface area contributed by atoms with Gasteiger partial charge in [0, 0.05) is 30.8 Å². The first-order valence-electron chi connectivity index (χ1n) is 7.32. The maximum absolute atomic E-state index is 5.82. The van der Waals surface area contributed by atoms with Gasteiger partial charge in [-0.15, -0.1) is 11.8 Å². The van der Waals surface area contributed by atoms with Crippen LogP contribution in [-0.4, -0.2) is 29.2 Å². The maximum Gasteiger partial charge on any atom is 0.220 e. The highest BCUT2D eigenvalue weighted by Gasteiger charge is 2.11. The number of nitrogens with zero attached hydrogens (tertiary/aromatic N) is 2. The molecule has 1 aromatic heterocycles. The fraction of sp³-hybridized carbons (Fsp3) is 0.167. The maximum atomic E-state index is 5.82. The molecule has 3 aromatic rings. The van der Waals surface area contributed by atoms with Gasteiger partial charge in [-0.2, -0.15) is 0 Å². The van der Waals surface area contributed by atoms with Crippen LogP contribution >= 0.6 is 11.8 Å². The second kappa shape index (κ2) is 5.54. The lowest BCUT2D eigenvalue weighted by Gasteiger charge is -2.09. The smallest absolute Gasteiger partial charge is 0.220 e. The minimum atomic E-state index is 0.647. The Labute approximate surface area is 133 Å². The lowest BCUT2D eigenvalue weighted by atomic mass is 10.1. The van der Waals surface area contributed by atoms with Crippen LogP contribution in [0.2, 0.25) is 0 Å². The van der Waals surface area contributed by atoms with Gasteiger partial charge in [-0.3, -0.25) is 0 Å². The van der Waals surface area contributed by atoms with Crippen molar-refractivity contribution in [2.75, 3.05) is 19.3 Å². The van der Waals surface area contributed by atoms with E-state index in [4.69, 9.17) is 4.42 Å². The molecule has 4 rings (SSSR count). The fourth-order valence-electron chi connectivity index (χ4n) is 2.65. The highest BCUT2D eigenvalue weighted by atomic mass is 32.2. The average Bonchev–Trinajstić information content (AvgIpc) is 3.14. The number of hydrogen-bond acceptors (Lipinski definition) is 4. The summed E-state index contributed by atoms with van der Waals surface area (Å²) >= 11 is 1.88. The molecule has 3 nitrogen and oxygen atoms in total. The second-order valence-electron chi connectivity index (χ2n) is 5.32. The Balaban J connectivity index is 1.69. The molecule has 0 spiro atoms. The molecule has 1 aliphatic rings. The number of allylic oxidation sites excluding steroid dienone is 2. The van der Waals surface area contributed by atoms with Crippen LogP contribution in [0.4, 0.5) is 0 Å². The van der Waals surface area contributed by atoms with E-state index in [0.717, 1.165) is 28.8 Å². The van der Waals surface area contributed by atoms with Crippen molar-refractivity contribution in [1.82, 2.24) is 9.88 Å². The van der Waals surface area contributed by atoms with Crippen LogP contribution in [-0.2, 0) is 0 Å². The normalized spacial score (nSPS) is 17.5. The zero-order valence-electron chi connectivity index (χ0n) is 12.3. The van der Waals surface area contributed by atoms with Crippen molar-refractivity contribution in [3.8, 4) is 0 Å². The second-order valence-corrected chi connectivity index (χ2v) is 6.43. The lowest BCUT2D eigenvalue weighted by molar-refractivity contribution is 0.493. The Hall–Kier alpha value is -2.20. The lowest BCUT2D eigenvalue weighted by Crippen LogP contribution is -2.10. The van der Waals surface area contributed by atoms with Gasteiger partial charge in [-0.05, 0) is 17.5 Å². The quantitative estimate of drug-likeness (QED) is 0.696. The number of hydrogen-bond donors (Lipinski definition) is 0. The zero-order chi connectivity index (χ0) is 14.9. The van der Waals surface area contributed by atoms with Crippen LogP contribution in [0, 0.1) is 0 Å². The molecule has 1 saturated heterocycles. The number of oxazole rings is 1. The first-order valence-corrected chi connectivity index (χ1v) is 8.30. The van der Waals surface area contributed by atoms with Crippen molar-refractivity contribution >= 4 is 39.7 Å². The number of aromatic nitrogens is 1. The van der Waals surface area contributed by atoms with E-state index in [9.17, 15) is 0 Å². The number of fused-ring (bicyclic) bond motifs is 3. The predicted octanol–water partition coefficient (Wildman–Crippen LogP) is 4.51. The molecule has 1 fully saturated rings. The molecular weight excluding hydrogens is 292 g/mol. The van der Waals surface area contributed by atoms with Crippen LogP contribution in [0.5, 0.6) is 0 Å². The molecule has 0 unspecified atom stereocenters. The molecule has 2 heterocycles. The van der Waals surface area contributed by atoms with Gasteiger partial charge >= 0.3 is 0 Å². The van der Waals surface area contributed by atoms with Crippen LogP contribution in [0.1, 0.15) is 5.89 Å². The Morgan fingerprint density at radius 2 is 2.14 bits per heavy atom. The summed E-state index contributed by atoms with van der Waals surface area (Å²) in [6, 6.07) is 12.3. The average molecular weight is 308 g/mol. The van der Waals surface area contributed by atoms with Gasteiger partial charge < -0.3 is 9.32 Å². The van der Waals surface area contributed by atoms with E-state index >= 15 is 0 Å². The van der Waals surface area contributed by atoms with E-state index in [0.29, 0.717) is 5.89 Å². The molecule has 0 saturated carbocycles. The number of rotatable bonds is 2. The van der Waals surface area contributed by atoms with Crippen molar-refractivity contribution < 1.29 is 4.42 Å². The molecule has 0 aliphatic carbocycles. The minimum Gasteiger partial charge on any atom is -0.437 e. The molecule has 0 N–H and O–H groups in total. The summed E-state index contributed by atoms with van der Waals surface area (Å²) in [7, 11) is 2.12. The number of benzene rings is 2. The summed E-state index contributed by atoms with van der Waals surface area (Å²) in [4.78, 5) is 6.88. The van der Waals surface area contributed by atoms with Crippen LogP contribution in [0.3, 0.4) is 0 Å². The van der Waals surface area contributed by atoms with E-state index in [1.54, 1.807) is 0 Å². The van der Waals surface area contributed by atoms with E-state index in [1.807, 2.05) is 42.1 Å². The summed E-state index contributed by atoms with van der Waals surface area (Å²) in [5.74, 6) is 1.80. The van der Waals surface area contributed by atoms with Gasteiger partial charge in [-0.1, -0.05) is 36.4 Å². The fourth-order valence-corrected chi connectivity index (χ4v) is 3.71.